The van der Waals surface area contributed by atoms with E-state index in [9.17, 15) is 24.5 Å². The average molecular weight is 647 g/mol. The highest BCUT2D eigenvalue weighted by Gasteiger charge is 2.28. The lowest BCUT2D eigenvalue weighted by atomic mass is 10.0. The van der Waals surface area contributed by atoms with Gasteiger partial charge in [-0.3, -0.25) is 13.8 Å². The van der Waals surface area contributed by atoms with Gasteiger partial charge in [0.25, 0.3) is 0 Å². The second-order valence-corrected chi connectivity index (χ2v) is 13.4. The number of nitrogens with two attached hydrogens (primary N) is 1. The number of hydrogen-bond donors (Lipinski definition) is 5. The van der Waals surface area contributed by atoms with Gasteiger partial charge in [0.1, 0.15) is 0 Å². The number of nitrogens with one attached hydrogen (secondary N) is 1. The maximum Gasteiger partial charge on any atom is 0.472 e. The smallest absolute Gasteiger partial charge is 0.393 e. The Bertz CT molecular complexity index is 766. The Morgan fingerprint density at radius 3 is 1.86 bits per heavy atom. The molecular weight excluding hydrogens is 579 g/mol. The summed E-state index contributed by atoms with van der Waals surface area (Å²) in [4.78, 5) is 22.6. The third kappa shape index (κ3) is 28.4. The number of carbonyl (C=O) groups excluding carboxylic acids is 1. The fourth-order valence-corrected chi connectivity index (χ4v) is 5.69. The third-order valence-electron chi connectivity index (χ3n) is 7.64. The number of aliphatic hydroxyl groups excluding tert-OH is 2. The van der Waals surface area contributed by atoms with Crippen LogP contribution in [0, 0.1) is 0 Å². The second kappa shape index (κ2) is 30.6. The zero-order valence-electron chi connectivity index (χ0n) is 28.0. The van der Waals surface area contributed by atoms with Crippen LogP contribution in [0.1, 0.15) is 149 Å². The molecule has 0 saturated carbocycles. The first-order valence-electron chi connectivity index (χ1n) is 17.5. The number of unbranched alkanes of at least 4 members (excludes halogenated alkanes) is 15. The van der Waals surface area contributed by atoms with Crippen molar-refractivity contribution in [3.8, 4) is 0 Å². The molecule has 0 aromatic carbocycles. The minimum absolute atomic E-state index is 0.0566. The van der Waals surface area contributed by atoms with Gasteiger partial charge in [-0.25, -0.2) is 4.57 Å². The van der Waals surface area contributed by atoms with Crippen molar-refractivity contribution in [3.05, 3.63) is 24.3 Å². The second-order valence-electron chi connectivity index (χ2n) is 11.9. The van der Waals surface area contributed by atoms with E-state index in [1.807, 2.05) is 0 Å². The van der Waals surface area contributed by atoms with Crippen LogP contribution in [0.5, 0.6) is 0 Å². The van der Waals surface area contributed by atoms with Crippen molar-refractivity contribution in [1.82, 2.24) is 5.32 Å². The summed E-state index contributed by atoms with van der Waals surface area (Å²) in [6, 6.07) is -0.898. The van der Waals surface area contributed by atoms with Crippen molar-refractivity contribution in [2.45, 2.75) is 167 Å². The highest BCUT2D eigenvalue weighted by molar-refractivity contribution is 7.47. The Kier molecular flexibility index (Phi) is 29.8. The maximum atomic E-state index is 12.7. The molecular formula is C34H67N2O7P. The molecule has 4 atom stereocenters. The lowest BCUT2D eigenvalue weighted by Gasteiger charge is -2.25. The molecule has 0 aliphatic carbocycles. The number of aliphatic hydroxyl groups is 2. The van der Waals surface area contributed by atoms with Gasteiger partial charge in [0.05, 0.1) is 37.9 Å². The number of amides is 1. The lowest BCUT2D eigenvalue weighted by Crippen LogP contribution is -2.47. The monoisotopic (exact) mass is 646 g/mol. The van der Waals surface area contributed by atoms with Crippen molar-refractivity contribution in [2.24, 2.45) is 5.73 Å². The quantitative estimate of drug-likeness (QED) is 0.0284. The normalized spacial score (nSPS) is 15.5. The first-order valence-corrected chi connectivity index (χ1v) is 19.0. The minimum atomic E-state index is -4.36. The lowest BCUT2D eigenvalue weighted by molar-refractivity contribution is -0.125. The molecule has 0 aromatic heterocycles. The molecule has 0 aromatic rings. The molecule has 0 aliphatic rings. The Hall–Kier alpha value is -1.06. The molecule has 0 heterocycles. The Labute approximate surface area is 269 Å². The Balaban J connectivity index is 4.44. The zero-order chi connectivity index (χ0) is 32.7. The number of hydrogen-bond acceptors (Lipinski definition) is 7. The van der Waals surface area contributed by atoms with Gasteiger partial charge < -0.3 is 26.2 Å². The fraction of sp³-hybridized carbons (Fsp3) is 0.853. The molecule has 260 valence electrons. The summed E-state index contributed by atoms with van der Waals surface area (Å²) in [6.07, 6.45) is 28.0. The van der Waals surface area contributed by atoms with Gasteiger partial charge in [0.2, 0.25) is 5.91 Å². The van der Waals surface area contributed by atoms with E-state index >= 15 is 0 Å². The molecule has 4 unspecified atom stereocenters. The molecule has 9 nitrogen and oxygen atoms in total. The van der Waals surface area contributed by atoms with Crippen molar-refractivity contribution in [1.29, 1.82) is 0 Å². The van der Waals surface area contributed by atoms with Crippen LogP contribution in [0.3, 0.4) is 0 Å². The summed E-state index contributed by atoms with van der Waals surface area (Å²) < 4.78 is 21.9. The van der Waals surface area contributed by atoms with E-state index in [0.29, 0.717) is 12.8 Å². The van der Waals surface area contributed by atoms with E-state index in [2.05, 4.69) is 43.5 Å². The Morgan fingerprint density at radius 2 is 1.27 bits per heavy atom. The van der Waals surface area contributed by atoms with Crippen LogP contribution in [-0.2, 0) is 18.4 Å². The van der Waals surface area contributed by atoms with Crippen LogP contribution in [-0.4, -0.2) is 59.0 Å². The SMILES string of the molecule is CCCCC/C=C\C=C/CCCCCCC(O)CC(=O)NC(COP(=O)(O)OCCN)C(O)CCCCCCCCCCC. The summed E-state index contributed by atoms with van der Waals surface area (Å²) >= 11 is 0. The molecule has 44 heavy (non-hydrogen) atoms. The van der Waals surface area contributed by atoms with E-state index in [-0.39, 0.29) is 26.2 Å². The largest absolute Gasteiger partial charge is 0.472 e. The Morgan fingerprint density at radius 1 is 0.773 bits per heavy atom. The first-order chi connectivity index (χ1) is 21.3. The van der Waals surface area contributed by atoms with E-state index in [0.717, 1.165) is 57.8 Å². The van der Waals surface area contributed by atoms with Gasteiger partial charge in [-0.05, 0) is 38.5 Å². The molecule has 0 fully saturated rings. The van der Waals surface area contributed by atoms with Crippen molar-refractivity contribution < 1.29 is 33.5 Å². The number of phosphoric ester groups is 1. The van der Waals surface area contributed by atoms with Gasteiger partial charge in [-0.15, -0.1) is 0 Å². The number of carbonyl (C=O) groups is 1. The molecule has 0 bridgehead atoms. The number of rotatable bonds is 32. The predicted molar refractivity (Wildman–Crippen MR) is 181 cm³/mol. The topological polar surface area (TPSA) is 151 Å². The number of allylic oxidation sites excluding steroid dienone is 4. The van der Waals surface area contributed by atoms with Crippen LogP contribution in [0.25, 0.3) is 0 Å². The summed E-state index contributed by atoms with van der Waals surface area (Å²) in [5.74, 6) is -0.430. The van der Waals surface area contributed by atoms with Gasteiger partial charge in [-0.2, -0.15) is 0 Å². The molecule has 6 N–H and O–H groups in total. The van der Waals surface area contributed by atoms with Crippen LogP contribution < -0.4 is 11.1 Å². The van der Waals surface area contributed by atoms with E-state index < -0.39 is 32.0 Å². The zero-order valence-corrected chi connectivity index (χ0v) is 28.9. The molecule has 0 radical (unpaired) electrons. The summed E-state index contributed by atoms with van der Waals surface area (Å²) in [5, 5.41) is 23.9. The molecule has 1 amide bonds. The van der Waals surface area contributed by atoms with Crippen LogP contribution in [0.2, 0.25) is 0 Å². The van der Waals surface area contributed by atoms with Gasteiger partial charge >= 0.3 is 7.82 Å². The van der Waals surface area contributed by atoms with Crippen molar-refractivity contribution in [2.75, 3.05) is 19.8 Å². The fourth-order valence-electron chi connectivity index (χ4n) is 4.93. The van der Waals surface area contributed by atoms with Crippen molar-refractivity contribution in [3.63, 3.8) is 0 Å². The maximum absolute atomic E-state index is 12.7. The van der Waals surface area contributed by atoms with E-state index in [1.165, 1.54) is 57.8 Å². The van der Waals surface area contributed by atoms with Crippen molar-refractivity contribution >= 4 is 13.7 Å². The van der Waals surface area contributed by atoms with Gasteiger partial charge in [-0.1, -0.05) is 128 Å². The number of phosphoric acid groups is 1. The van der Waals surface area contributed by atoms with Crippen LogP contribution in [0.15, 0.2) is 24.3 Å². The average Bonchev–Trinajstić information content (AvgIpc) is 2.99. The van der Waals surface area contributed by atoms with Gasteiger partial charge in [0.15, 0.2) is 0 Å². The minimum Gasteiger partial charge on any atom is -0.393 e. The summed E-state index contributed by atoms with van der Waals surface area (Å²) in [5.41, 5.74) is 5.33. The van der Waals surface area contributed by atoms with Gasteiger partial charge in [0, 0.05) is 6.54 Å². The predicted octanol–water partition coefficient (Wildman–Crippen LogP) is 7.63. The molecule has 0 aliphatic heterocycles. The standard InChI is InChI=1S/C34H67N2O7P/c1-3-5-7-9-11-13-14-15-16-18-19-21-23-25-31(37)29-34(39)36-32(30-43-44(40,41)42-28-27-35)33(38)26-24-22-20-17-12-10-8-6-4-2/h11,13-15,31-33,37-38H,3-10,12,16-30,35H2,1-2H3,(H,36,39)(H,40,41)/b13-11-,15-14-. The molecule has 0 spiro atoms. The molecule has 0 saturated heterocycles. The van der Waals surface area contributed by atoms with Crippen LogP contribution >= 0.6 is 7.82 Å². The van der Waals surface area contributed by atoms with E-state index in [1.54, 1.807) is 0 Å². The van der Waals surface area contributed by atoms with E-state index in [4.69, 9.17) is 14.8 Å². The summed E-state index contributed by atoms with van der Waals surface area (Å²) in [7, 11) is -4.36. The molecule has 0 rings (SSSR count). The summed E-state index contributed by atoms with van der Waals surface area (Å²) in [6.45, 7) is 3.94. The van der Waals surface area contributed by atoms with Crippen LogP contribution in [0.4, 0.5) is 0 Å². The highest BCUT2D eigenvalue weighted by Crippen LogP contribution is 2.43. The first kappa shape index (κ1) is 42.9. The highest BCUT2D eigenvalue weighted by atomic mass is 31.2. The third-order valence-corrected chi connectivity index (χ3v) is 8.62. The molecule has 10 heteroatoms.